The minimum atomic E-state index is 0.710. The number of nitrogens with one attached hydrogen (secondary N) is 1. The smallest absolute Gasteiger partial charge is 0.124 e. The SMILES string of the molecule is Cc1ccc(-c2c3c4n(c(-c5ccccc5)cn4c2C(=S)NCc2ccccc2)CCCC3)cc1. The Morgan fingerprint density at radius 2 is 1.57 bits per heavy atom. The molecule has 35 heavy (non-hydrogen) atoms. The van der Waals surface area contributed by atoms with Gasteiger partial charge >= 0.3 is 0 Å². The Morgan fingerprint density at radius 1 is 0.857 bits per heavy atom. The molecule has 0 bridgehead atoms. The molecule has 3 nitrogen and oxygen atoms in total. The van der Waals surface area contributed by atoms with Crippen molar-refractivity contribution in [3.63, 3.8) is 0 Å². The van der Waals surface area contributed by atoms with E-state index in [0.29, 0.717) is 6.54 Å². The van der Waals surface area contributed by atoms with Gasteiger partial charge in [0.25, 0.3) is 0 Å². The molecule has 2 aromatic heterocycles. The first-order valence-electron chi connectivity index (χ1n) is 12.4. The second kappa shape index (κ2) is 9.20. The standard InChI is InChI=1S/C31H29N3S/c1-22-15-17-25(18-16-22)28-26-14-8-9-19-33-27(24-12-6-3-7-13-24)21-34(31(26)33)29(28)30(35)32-20-23-10-4-2-5-11-23/h2-7,10-13,15-18,21H,8-9,14,19-20H2,1H3,(H,32,35). The van der Waals surface area contributed by atoms with Gasteiger partial charge in [-0.1, -0.05) is 103 Å². The second-order valence-electron chi connectivity index (χ2n) is 9.42. The van der Waals surface area contributed by atoms with Crippen LogP contribution in [-0.2, 0) is 19.5 Å². The van der Waals surface area contributed by atoms with E-state index in [1.54, 1.807) is 0 Å². The molecule has 174 valence electrons. The molecular weight excluding hydrogens is 446 g/mol. The number of nitrogens with zero attached hydrogens (tertiary/aromatic N) is 2. The van der Waals surface area contributed by atoms with Gasteiger partial charge in [-0.3, -0.25) is 4.40 Å². The highest BCUT2D eigenvalue weighted by atomic mass is 32.1. The van der Waals surface area contributed by atoms with Crippen molar-refractivity contribution < 1.29 is 0 Å². The lowest BCUT2D eigenvalue weighted by Gasteiger charge is -2.12. The van der Waals surface area contributed by atoms with Crippen LogP contribution in [0.15, 0.2) is 91.1 Å². The summed E-state index contributed by atoms with van der Waals surface area (Å²) in [6, 6.07) is 30.1. The first kappa shape index (κ1) is 21.9. The third kappa shape index (κ3) is 3.98. The maximum Gasteiger partial charge on any atom is 0.124 e. The van der Waals surface area contributed by atoms with Crippen molar-refractivity contribution in [1.82, 2.24) is 14.3 Å². The van der Waals surface area contributed by atoms with Crippen LogP contribution < -0.4 is 5.32 Å². The third-order valence-corrected chi connectivity index (χ3v) is 7.39. The molecule has 0 saturated carbocycles. The molecule has 6 rings (SSSR count). The van der Waals surface area contributed by atoms with Gasteiger partial charge in [0.1, 0.15) is 10.6 Å². The molecule has 1 aliphatic rings. The molecule has 0 aliphatic carbocycles. The van der Waals surface area contributed by atoms with E-state index in [1.165, 1.54) is 57.6 Å². The van der Waals surface area contributed by atoms with Gasteiger partial charge in [-0.2, -0.15) is 0 Å². The summed E-state index contributed by atoms with van der Waals surface area (Å²) < 4.78 is 4.87. The fraction of sp³-hybridized carbons (Fsp3) is 0.194. The number of rotatable bonds is 5. The Kier molecular flexibility index (Phi) is 5.75. The Labute approximate surface area is 212 Å². The first-order chi connectivity index (χ1) is 17.2. The van der Waals surface area contributed by atoms with E-state index in [1.807, 2.05) is 6.07 Å². The average molecular weight is 476 g/mol. The number of hydrogen-bond acceptors (Lipinski definition) is 1. The molecule has 0 fully saturated rings. The van der Waals surface area contributed by atoms with Crippen molar-refractivity contribution in [2.75, 3.05) is 0 Å². The fourth-order valence-corrected chi connectivity index (χ4v) is 5.61. The summed E-state index contributed by atoms with van der Waals surface area (Å²) in [5.41, 5.74) is 11.3. The van der Waals surface area contributed by atoms with E-state index in [-0.39, 0.29) is 0 Å². The Bertz CT molecular complexity index is 1490. The minimum absolute atomic E-state index is 0.710. The van der Waals surface area contributed by atoms with E-state index in [9.17, 15) is 0 Å². The fourth-order valence-electron chi connectivity index (χ4n) is 5.34. The number of benzene rings is 3. The van der Waals surface area contributed by atoms with Crippen molar-refractivity contribution in [1.29, 1.82) is 0 Å². The van der Waals surface area contributed by atoms with Gasteiger partial charge in [-0.25, -0.2) is 0 Å². The lowest BCUT2D eigenvalue weighted by Crippen LogP contribution is -2.23. The van der Waals surface area contributed by atoms with Crippen LogP contribution in [0, 0.1) is 6.92 Å². The van der Waals surface area contributed by atoms with Crippen LogP contribution in [-0.4, -0.2) is 14.0 Å². The van der Waals surface area contributed by atoms with Crippen molar-refractivity contribution in [2.24, 2.45) is 0 Å². The second-order valence-corrected chi connectivity index (χ2v) is 9.83. The molecule has 0 amide bonds. The summed E-state index contributed by atoms with van der Waals surface area (Å²) in [4.78, 5) is 0.794. The molecule has 0 saturated heterocycles. The lowest BCUT2D eigenvalue weighted by atomic mass is 9.97. The summed E-state index contributed by atoms with van der Waals surface area (Å²) in [6.07, 6.45) is 5.71. The van der Waals surface area contributed by atoms with E-state index in [4.69, 9.17) is 12.2 Å². The number of hydrogen-bond donors (Lipinski definition) is 1. The number of imidazole rings is 1. The van der Waals surface area contributed by atoms with Gasteiger partial charge in [0.2, 0.25) is 0 Å². The Hall–Kier alpha value is -3.63. The van der Waals surface area contributed by atoms with Gasteiger partial charge in [-0.05, 0) is 42.9 Å². The summed E-state index contributed by atoms with van der Waals surface area (Å²) in [7, 11) is 0. The maximum atomic E-state index is 6.10. The Morgan fingerprint density at radius 3 is 2.31 bits per heavy atom. The van der Waals surface area contributed by atoms with Crippen LogP contribution in [0.4, 0.5) is 0 Å². The zero-order chi connectivity index (χ0) is 23.8. The molecule has 1 N–H and O–H groups in total. The quantitative estimate of drug-likeness (QED) is 0.272. The lowest BCUT2D eigenvalue weighted by molar-refractivity contribution is 0.647. The van der Waals surface area contributed by atoms with Crippen LogP contribution in [0.3, 0.4) is 0 Å². The topological polar surface area (TPSA) is 21.4 Å². The van der Waals surface area contributed by atoms with Gasteiger partial charge in [0.05, 0.1) is 11.4 Å². The monoisotopic (exact) mass is 475 g/mol. The van der Waals surface area contributed by atoms with Crippen LogP contribution in [0.25, 0.3) is 28.0 Å². The molecule has 0 unspecified atom stereocenters. The van der Waals surface area contributed by atoms with Crippen molar-refractivity contribution in [2.45, 2.75) is 39.3 Å². The maximum absolute atomic E-state index is 6.10. The van der Waals surface area contributed by atoms with Crippen LogP contribution in [0.2, 0.25) is 0 Å². The highest BCUT2D eigenvalue weighted by Gasteiger charge is 2.28. The van der Waals surface area contributed by atoms with Gasteiger partial charge in [-0.15, -0.1) is 0 Å². The van der Waals surface area contributed by atoms with E-state index in [2.05, 4.69) is 106 Å². The van der Waals surface area contributed by atoms with Crippen LogP contribution in [0.1, 0.15) is 35.2 Å². The summed E-state index contributed by atoms with van der Waals surface area (Å²) in [5.74, 6) is 0. The van der Waals surface area contributed by atoms with E-state index in [0.717, 1.165) is 23.6 Å². The molecule has 1 aliphatic heterocycles. The van der Waals surface area contributed by atoms with E-state index >= 15 is 0 Å². The molecule has 3 heterocycles. The molecule has 0 spiro atoms. The number of aryl methyl sites for hydroxylation is 3. The molecule has 3 aromatic carbocycles. The first-order valence-corrected chi connectivity index (χ1v) is 12.8. The van der Waals surface area contributed by atoms with E-state index < -0.39 is 0 Å². The molecule has 0 atom stereocenters. The van der Waals surface area contributed by atoms with Gasteiger partial charge in [0.15, 0.2) is 0 Å². The highest BCUT2D eigenvalue weighted by Crippen LogP contribution is 2.39. The largest absolute Gasteiger partial charge is 0.370 e. The summed E-state index contributed by atoms with van der Waals surface area (Å²) in [6.45, 7) is 3.87. The van der Waals surface area contributed by atoms with Crippen LogP contribution >= 0.6 is 12.2 Å². The zero-order valence-electron chi connectivity index (χ0n) is 20.0. The van der Waals surface area contributed by atoms with Crippen molar-refractivity contribution >= 4 is 22.9 Å². The number of thiocarbonyl (C=S) groups is 1. The predicted octanol–water partition coefficient (Wildman–Crippen LogP) is 7.18. The van der Waals surface area contributed by atoms with Crippen LogP contribution in [0.5, 0.6) is 0 Å². The predicted molar refractivity (Wildman–Crippen MR) is 149 cm³/mol. The number of aromatic nitrogens is 2. The highest BCUT2D eigenvalue weighted by molar-refractivity contribution is 7.80. The summed E-state index contributed by atoms with van der Waals surface area (Å²) in [5, 5.41) is 3.57. The normalized spacial score (nSPS) is 13.1. The van der Waals surface area contributed by atoms with Crippen molar-refractivity contribution in [3.8, 4) is 22.4 Å². The zero-order valence-corrected chi connectivity index (χ0v) is 20.8. The van der Waals surface area contributed by atoms with Crippen molar-refractivity contribution in [3.05, 3.63) is 114 Å². The molecule has 0 radical (unpaired) electrons. The Balaban J connectivity index is 1.55. The minimum Gasteiger partial charge on any atom is -0.370 e. The molecule has 5 aromatic rings. The summed E-state index contributed by atoms with van der Waals surface area (Å²) >= 11 is 6.10. The van der Waals surface area contributed by atoms with Gasteiger partial charge < -0.3 is 9.88 Å². The third-order valence-electron chi connectivity index (χ3n) is 7.05. The van der Waals surface area contributed by atoms with Gasteiger partial charge in [0, 0.05) is 30.4 Å². The molecule has 4 heteroatoms. The average Bonchev–Trinajstić information content (AvgIpc) is 3.32. The molecular formula is C31H29N3S.